The Bertz CT molecular complexity index is 1280. The first-order chi connectivity index (χ1) is 15.5. The van der Waals surface area contributed by atoms with Crippen molar-refractivity contribution in [2.24, 2.45) is 0 Å². The zero-order valence-electron chi connectivity index (χ0n) is 18.8. The van der Waals surface area contributed by atoms with Gasteiger partial charge in [-0.3, -0.25) is 4.79 Å². The van der Waals surface area contributed by atoms with Crippen LogP contribution < -0.4 is 4.90 Å². The van der Waals surface area contributed by atoms with Gasteiger partial charge in [0, 0.05) is 43.0 Å². The van der Waals surface area contributed by atoms with E-state index >= 15 is 0 Å². The minimum atomic E-state index is 0.0589. The highest BCUT2D eigenvalue weighted by atomic mass is 16.5. The highest BCUT2D eigenvalue weighted by Gasteiger charge is 2.24. The number of aromatic nitrogens is 1. The summed E-state index contributed by atoms with van der Waals surface area (Å²) in [5.74, 6) is 0.762. The summed E-state index contributed by atoms with van der Waals surface area (Å²) in [5, 5.41) is 5.05. The van der Waals surface area contributed by atoms with Gasteiger partial charge in [-0.25, -0.2) is 0 Å². The first-order valence-corrected chi connectivity index (χ1v) is 11.1. The highest BCUT2D eigenvalue weighted by molar-refractivity contribution is 6.01. The predicted molar refractivity (Wildman–Crippen MR) is 128 cm³/mol. The monoisotopic (exact) mass is 425 g/mol. The average molecular weight is 426 g/mol. The summed E-state index contributed by atoms with van der Waals surface area (Å²) in [6.07, 6.45) is 0. The number of aryl methyl sites for hydroxylation is 2. The molecule has 0 spiro atoms. The number of rotatable bonds is 3. The van der Waals surface area contributed by atoms with Crippen LogP contribution in [-0.4, -0.2) is 42.1 Å². The maximum Gasteiger partial charge on any atom is 0.254 e. The summed E-state index contributed by atoms with van der Waals surface area (Å²) in [4.78, 5) is 17.6. The molecule has 32 heavy (non-hydrogen) atoms. The van der Waals surface area contributed by atoms with E-state index in [0.717, 1.165) is 29.6 Å². The number of hydrogen-bond donors (Lipinski definition) is 0. The van der Waals surface area contributed by atoms with Crippen LogP contribution in [0, 0.1) is 20.8 Å². The van der Waals surface area contributed by atoms with Crippen LogP contribution >= 0.6 is 0 Å². The molecule has 1 amide bonds. The highest BCUT2D eigenvalue weighted by Crippen LogP contribution is 2.30. The standard InChI is InChI=1S/C27H27N3O2/c1-18-7-9-21(10-8-18)26-23-17-22(11-12-24(23)28-32-26)27(31)30-15-13-29(14-16-30)25-6-4-5-19(2)20(25)3/h4-12,17H,13-16H2,1-3H3. The number of nitrogens with zero attached hydrogens (tertiary/aromatic N) is 3. The number of benzene rings is 3. The van der Waals surface area contributed by atoms with E-state index in [4.69, 9.17) is 4.52 Å². The van der Waals surface area contributed by atoms with Crippen molar-refractivity contribution in [3.63, 3.8) is 0 Å². The van der Waals surface area contributed by atoms with E-state index in [1.807, 2.05) is 47.4 Å². The van der Waals surface area contributed by atoms with Crippen molar-refractivity contribution in [3.05, 3.63) is 82.9 Å². The number of piperazine rings is 1. The second kappa shape index (κ2) is 8.15. The molecule has 0 atom stereocenters. The Kier molecular flexibility index (Phi) is 5.17. The molecule has 3 aromatic carbocycles. The molecule has 162 valence electrons. The van der Waals surface area contributed by atoms with E-state index in [1.165, 1.54) is 22.4 Å². The van der Waals surface area contributed by atoms with Crippen LogP contribution in [0.1, 0.15) is 27.0 Å². The molecule has 0 aliphatic carbocycles. The van der Waals surface area contributed by atoms with E-state index in [1.54, 1.807) is 0 Å². The largest absolute Gasteiger partial charge is 0.368 e. The maximum atomic E-state index is 13.3. The molecule has 0 radical (unpaired) electrons. The molecule has 0 unspecified atom stereocenters. The fourth-order valence-electron chi connectivity index (χ4n) is 4.40. The minimum absolute atomic E-state index is 0.0589. The second-order valence-corrected chi connectivity index (χ2v) is 8.61. The van der Waals surface area contributed by atoms with Crippen LogP contribution in [0.4, 0.5) is 5.69 Å². The van der Waals surface area contributed by atoms with Gasteiger partial charge >= 0.3 is 0 Å². The third-order valence-electron chi connectivity index (χ3n) is 6.52. The van der Waals surface area contributed by atoms with Gasteiger partial charge in [-0.2, -0.15) is 0 Å². The molecule has 5 rings (SSSR count). The van der Waals surface area contributed by atoms with Crippen LogP contribution in [0.5, 0.6) is 0 Å². The van der Waals surface area contributed by atoms with Crippen molar-refractivity contribution < 1.29 is 9.32 Å². The quantitative estimate of drug-likeness (QED) is 0.442. The zero-order valence-corrected chi connectivity index (χ0v) is 18.8. The molecule has 2 heterocycles. The topological polar surface area (TPSA) is 49.6 Å². The van der Waals surface area contributed by atoms with Crippen LogP contribution in [0.15, 0.2) is 65.2 Å². The Morgan fingerprint density at radius 1 is 0.906 bits per heavy atom. The second-order valence-electron chi connectivity index (χ2n) is 8.61. The molecule has 5 heteroatoms. The number of carbonyl (C=O) groups excluding carboxylic acids is 1. The van der Waals surface area contributed by atoms with Gasteiger partial charge in [-0.15, -0.1) is 0 Å². The summed E-state index contributed by atoms with van der Waals surface area (Å²) in [5.41, 5.74) is 7.47. The van der Waals surface area contributed by atoms with Crippen molar-refractivity contribution in [3.8, 4) is 11.3 Å². The summed E-state index contributed by atoms with van der Waals surface area (Å²) in [6.45, 7) is 9.45. The van der Waals surface area contributed by atoms with E-state index < -0.39 is 0 Å². The number of amides is 1. The van der Waals surface area contributed by atoms with Gasteiger partial charge in [0.15, 0.2) is 5.76 Å². The van der Waals surface area contributed by atoms with Gasteiger partial charge in [0.05, 0.1) is 5.39 Å². The summed E-state index contributed by atoms with van der Waals surface area (Å²) < 4.78 is 5.62. The van der Waals surface area contributed by atoms with Crippen molar-refractivity contribution in [2.45, 2.75) is 20.8 Å². The Morgan fingerprint density at radius 2 is 1.66 bits per heavy atom. The molecule has 0 bridgehead atoms. The number of hydrogen-bond acceptors (Lipinski definition) is 4. The molecule has 4 aromatic rings. The molecule has 1 fully saturated rings. The molecule has 1 aliphatic rings. The lowest BCUT2D eigenvalue weighted by Gasteiger charge is -2.37. The van der Waals surface area contributed by atoms with Crippen LogP contribution in [0.2, 0.25) is 0 Å². The molecular formula is C27H27N3O2. The molecule has 0 saturated carbocycles. The van der Waals surface area contributed by atoms with Crippen LogP contribution in [-0.2, 0) is 0 Å². The maximum absolute atomic E-state index is 13.3. The average Bonchev–Trinajstić information content (AvgIpc) is 3.24. The first kappa shape index (κ1) is 20.3. The zero-order chi connectivity index (χ0) is 22.2. The summed E-state index contributed by atoms with van der Waals surface area (Å²) >= 11 is 0. The fraction of sp³-hybridized carbons (Fsp3) is 0.259. The Hall–Kier alpha value is -3.60. The lowest BCUT2D eigenvalue weighted by molar-refractivity contribution is 0.0747. The number of carbonyl (C=O) groups is 1. The predicted octanol–water partition coefficient (Wildman–Crippen LogP) is 5.38. The Morgan fingerprint density at radius 3 is 2.41 bits per heavy atom. The fourth-order valence-corrected chi connectivity index (χ4v) is 4.40. The smallest absolute Gasteiger partial charge is 0.254 e. The summed E-state index contributed by atoms with van der Waals surface area (Å²) in [6, 6.07) is 20.2. The van der Waals surface area contributed by atoms with Crippen molar-refractivity contribution in [1.29, 1.82) is 0 Å². The van der Waals surface area contributed by atoms with E-state index in [-0.39, 0.29) is 5.91 Å². The van der Waals surface area contributed by atoms with Gasteiger partial charge in [-0.05, 0) is 56.2 Å². The van der Waals surface area contributed by atoms with E-state index in [2.05, 4.69) is 49.0 Å². The molecular weight excluding hydrogens is 398 g/mol. The normalized spacial score (nSPS) is 14.2. The third-order valence-corrected chi connectivity index (χ3v) is 6.52. The SMILES string of the molecule is Cc1ccc(-c2onc3ccc(C(=O)N4CCN(c5cccc(C)c5C)CC4)cc23)cc1. The van der Waals surface area contributed by atoms with E-state index in [0.29, 0.717) is 24.4 Å². The lowest BCUT2D eigenvalue weighted by atomic mass is 10.0. The van der Waals surface area contributed by atoms with Gasteiger partial charge in [-0.1, -0.05) is 47.1 Å². The van der Waals surface area contributed by atoms with Crippen molar-refractivity contribution >= 4 is 22.5 Å². The number of anilines is 1. The molecule has 5 nitrogen and oxygen atoms in total. The van der Waals surface area contributed by atoms with Crippen LogP contribution in [0.3, 0.4) is 0 Å². The molecule has 1 saturated heterocycles. The number of fused-ring (bicyclic) bond motifs is 1. The lowest BCUT2D eigenvalue weighted by Crippen LogP contribution is -2.49. The van der Waals surface area contributed by atoms with Crippen molar-refractivity contribution in [1.82, 2.24) is 10.1 Å². The molecule has 0 N–H and O–H groups in total. The Labute approximate surface area is 188 Å². The first-order valence-electron chi connectivity index (χ1n) is 11.1. The van der Waals surface area contributed by atoms with Gasteiger partial charge in [0.2, 0.25) is 0 Å². The van der Waals surface area contributed by atoms with Gasteiger partial charge in [0.25, 0.3) is 5.91 Å². The molecule has 1 aromatic heterocycles. The molecule has 1 aliphatic heterocycles. The minimum Gasteiger partial charge on any atom is -0.368 e. The third kappa shape index (κ3) is 3.64. The van der Waals surface area contributed by atoms with Gasteiger partial charge in [0.1, 0.15) is 5.52 Å². The summed E-state index contributed by atoms with van der Waals surface area (Å²) in [7, 11) is 0. The van der Waals surface area contributed by atoms with Gasteiger partial charge < -0.3 is 14.3 Å². The van der Waals surface area contributed by atoms with Crippen molar-refractivity contribution in [2.75, 3.05) is 31.1 Å². The van der Waals surface area contributed by atoms with Crippen LogP contribution in [0.25, 0.3) is 22.2 Å². The van der Waals surface area contributed by atoms with E-state index in [9.17, 15) is 4.79 Å². The Balaban J connectivity index is 1.36.